The first kappa shape index (κ1) is 35.2. The van der Waals surface area contributed by atoms with Gasteiger partial charge in [0.15, 0.2) is 0 Å². The summed E-state index contributed by atoms with van der Waals surface area (Å²) in [6.45, 7) is 4.82. The van der Waals surface area contributed by atoms with Crippen molar-refractivity contribution in [3.8, 4) is 0 Å². The van der Waals surface area contributed by atoms with Gasteiger partial charge < -0.3 is 48.3 Å². The third-order valence-corrected chi connectivity index (χ3v) is 4.88. The van der Waals surface area contributed by atoms with Crippen LogP contribution >= 0.6 is 0 Å². The van der Waals surface area contributed by atoms with Gasteiger partial charge >= 0.3 is 0 Å². The van der Waals surface area contributed by atoms with Gasteiger partial charge in [0.25, 0.3) is 0 Å². The van der Waals surface area contributed by atoms with Gasteiger partial charge in [0.2, 0.25) is 53.2 Å². The molecular weight excluding hydrogens is 534 g/mol. The molecule has 4 atom stereocenters. The van der Waals surface area contributed by atoms with Crippen molar-refractivity contribution in [1.29, 1.82) is 0 Å². The lowest BCUT2D eigenvalue weighted by Crippen LogP contribution is -2.53. The van der Waals surface area contributed by atoms with Gasteiger partial charge in [-0.3, -0.25) is 43.2 Å². The Bertz CT molecular complexity index is 1000. The van der Waals surface area contributed by atoms with Gasteiger partial charge in [-0.2, -0.15) is 0 Å². The maximum atomic E-state index is 12.2. The van der Waals surface area contributed by atoms with E-state index in [4.69, 9.17) is 5.73 Å². The van der Waals surface area contributed by atoms with Gasteiger partial charge in [0, 0.05) is 6.92 Å². The minimum absolute atomic E-state index is 0.317. The predicted octanol–water partition coefficient (Wildman–Crippen LogP) is -6.02. The summed E-state index contributed by atoms with van der Waals surface area (Å²) < 4.78 is 0. The van der Waals surface area contributed by atoms with E-state index in [1.54, 1.807) is 0 Å². The number of nitrogens with one attached hydrogen (secondary N) is 8. The lowest BCUT2D eigenvalue weighted by Gasteiger charge is -2.17. The molecule has 0 rings (SSSR count). The van der Waals surface area contributed by atoms with Crippen LogP contribution in [0.4, 0.5) is 0 Å². The highest BCUT2D eigenvalue weighted by atomic mass is 16.2. The summed E-state index contributed by atoms with van der Waals surface area (Å²) in [6, 6.07) is -4.08. The van der Waals surface area contributed by atoms with Crippen LogP contribution in [0.25, 0.3) is 0 Å². The van der Waals surface area contributed by atoms with Gasteiger partial charge in [-0.05, 0) is 27.7 Å². The molecule has 0 heterocycles. The molecule has 0 aromatic heterocycles. The van der Waals surface area contributed by atoms with E-state index in [2.05, 4.69) is 42.5 Å². The monoisotopic (exact) mass is 571 g/mol. The molecule has 0 spiro atoms. The Kier molecular flexibility index (Phi) is 15.6. The lowest BCUT2D eigenvalue weighted by atomic mass is 10.2. The zero-order chi connectivity index (χ0) is 31.0. The van der Waals surface area contributed by atoms with Crippen LogP contribution < -0.4 is 48.3 Å². The van der Waals surface area contributed by atoms with E-state index in [9.17, 15) is 43.2 Å². The Morgan fingerprint density at radius 2 is 0.725 bits per heavy atom. The van der Waals surface area contributed by atoms with Crippen LogP contribution in [0.3, 0.4) is 0 Å². The molecule has 0 aromatic carbocycles. The molecule has 0 aliphatic rings. The van der Waals surface area contributed by atoms with Crippen LogP contribution in [-0.2, 0) is 43.2 Å². The van der Waals surface area contributed by atoms with Gasteiger partial charge in [-0.1, -0.05) is 0 Å². The number of primary amides is 1. The van der Waals surface area contributed by atoms with Gasteiger partial charge in [-0.25, -0.2) is 0 Å². The molecule has 0 radical (unpaired) electrons. The summed E-state index contributed by atoms with van der Waals surface area (Å²) in [5.74, 6) is -6.02. The average molecular weight is 572 g/mol. The topological polar surface area (TPSA) is 276 Å². The first-order chi connectivity index (χ1) is 18.5. The number of rotatable bonds is 16. The van der Waals surface area contributed by atoms with Crippen LogP contribution in [0.1, 0.15) is 34.6 Å². The number of carbonyl (C=O) groups excluding carboxylic acids is 9. The standard InChI is InChI=1S/C22H37N9O9/c1-10(19(23)37)28-16(34)7-25-21(39)12(3)30-18(36)9-27-22(40)13(4)31-17(35)8-26-20(38)11(2)29-15(33)6-24-14(5)32/h10-13H,6-9H2,1-5H3,(H2,23,37)(H,24,32)(H,25,39)(H,26,38)(H,27,40)(H,28,34)(H,29,33)(H,30,36)(H,31,35)/t10-,11-,12?,13-/m0/s1. The molecule has 0 aromatic rings. The quantitative estimate of drug-likeness (QED) is 0.0851. The molecule has 0 aliphatic heterocycles. The highest BCUT2D eigenvalue weighted by molar-refractivity contribution is 5.95. The molecule has 0 fully saturated rings. The highest BCUT2D eigenvalue weighted by Gasteiger charge is 2.21. The normalized spacial score (nSPS) is 13.1. The second kappa shape index (κ2) is 17.7. The maximum absolute atomic E-state index is 12.2. The number of nitrogens with two attached hydrogens (primary N) is 1. The molecule has 9 amide bonds. The van der Waals surface area contributed by atoms with Crippen molar-refractivity contribution in [3.05, 3.63) is 0 Å². The van der Waals surface area contributed by atoms with E-state index in [1.165, 1.54) is 34.6 Å². The molecule has 18 nitrogen and oxygen atoms in total. The lowest BCUT2D eigenvalue weighted by molar-refractivity contribution is -0.132. The minimum Gasteiger partial charge on any atom is -0.368 e. The van der Waals surface area contributed by atoms with Crippen molar-refractivity contribution in [2.45, 2.75) is 58.8 Å². The van der Waals surface area contributed by atoms with Crippen LogP contribution in [0.2, 0.25) is 0 Å². The summed E-state index contributed by atoms with van der Waals surface area (Å²) in [5.41, 5.74) is 5.02. The van der Waals surface area contributed by atoms with Gasteiger partial charge in [0.05, 0.1) is 26.2 Å². The predicted molar refractivity (Wildman–Crippen MR) is 137 cm³/mol. The number of hydrogen-bond acceptors (Lipinski definition) is 9. The summed E-state index contributed by atoms with van der Waals surface area (Å²) in [5, 5.41) is 18.3. The van der Waals surface area contributed by atoms with Crippen molar-refractivity contribution in [2.24, 2.45) is 5.73 Å². The number of amides is 9. The maximum Gasteiger partial charge on any atom is 0.242 e. The zero-order valence-electron chi connectivity index (χ0n) is 22.9. The van der Waals surface area contributed by atoms with Gasteiger partial charge in [-0.15, -0.1) is 0 Å². The molecule has 0 saturated carbocycles. The summed E-state index contributed by atoms with van der Waals surface area (Å²) >= 11 is 0. The second-order valence-corrected chi connectivity index (χ2v) is 8.62. The van der Waals surface area contributed by atoms with Gasteiger partial charge in [0.1, 0.15) is 24.2 Å². The molecule has 224 valence electrons. The fraction of sp³-hybridized carbons (Fsp3) is 0.591. The van der Waals surface area contributed by atoms with Crippen molar-refractivity contribution in [3.63, 3.8) is 0 Å². The highest BCUT2D eigenvalue weighted by Crippen LogP contribution is 1.87. The summed E-state index contributed by atoms with van der Waals surface area (Å²) in [6.07, 6.45) is 0. The molecule has 40 heavy (non-hydrogen) atoms. The molecule has 0 aliphatic carbocycles. The largest absolute Gasteiger partial charge is 0.368 e. The third-order valence-electron chi connectivity index (χ3n) is 4.88. The smallest absolute Gasteiger partial charge is 0.242 e. The Morgan fingerprint density at radius 3 is 0.975 bits per heavy atom. The molecule has 18 heteroatoms. The van der Waals surface area contributed by atoms with Crippen LogP contribution in [-0.4, -0.2) is 104 Å². The van der Waals surface area contributed by atoms with E-state index < -0.39 is 97.0 Å². The molecule has 10 N–H and O–H groups in total. The van der Waals surface area contributed by atoms with E-state index in [-0.39, 0.29) is 6.54 Å². The fourth-order valence-corrected chi connectivity index (χ4v) is 2.60. The summed E-state index contributed by atoms with van der Waals surface area (Å²) in [4.78, 5) is 105. The Hall–Kier alpha value is -4.77. The first-order valence-electron chi connectivity index (χ1n) is 12.1. The van der Waals surface area contributed by atoms with E-state index in [0.717, 1.165) is 0 Å². The Labute approximate surface area is 230 Å². The molecular formula is C22H37N9O9. The number of carbonyl (C=O) groups is 9. The zero-order valence-corrected chi connectivity index (χ0v) is 22.9. The molecule has 0 bridgehead atoms. The van der Waals surface area contributed by atoms with E-state index >= 15 is 0 Å². The van der Waals surface area contributed by atoms with E-state index in [0.29, 0.717) is 0 Å². The van der Waals surface area contributed by atoms with Crippen LogP contribution in [0.15, 0.2) is 0 Å². The van der Waals surface area contributed by atoms with Crippen molar-refractivity contribution in [2.75, 3.05) is 26.2 Å². The Balaban J connectivity index is 4.35. The molecule has 1 unspecified atom stereocenters. The van der Waals surface area contributed by atoms with Crippen molar-refractivity contribution in [1.82, 2.24) is 42.5 Å². The first-order valence-corrected chi connectivity index (χ1v) is 12.1. The third kappa shape index (κ3) is 15.5. The Morgan fingerprint density at radius 1 is 0.475 bits per heavy atom. The fourth-order valence-electron chi connectivity index (χ4n) is 2.60. The van der Waals surface area contributed by atoms with Crippen molar-refractivity contribution < 1.29 is 43.2 Å². The van der Waals surface area contributed by atoms with Crippen LogP contribution in [0, 0.1) is 0 Å². The summed E-state index contributed by atoms with van der Waals surface area (Å²) in [7, 11) is 0. The second-order valence-electron chi connectivity index (χ2n) is 8.62. The van der Waals surface area contributed by atoms with E-state index in [1.807, 2.05) is 0 Å². The minimum atomic E-state index is -1.09. The van der Waals surface area contributed by atoms with Crippen molar-refractivity contribution >= 4 is 53.2 Å². The average Bonchev–Trinajstić information content (AvgIpc) is 2.87. The number of hydrogen-bond donors (Lipinski definition) is 9. The molecule has 0 saturated heterocycles. The SMILES string of the molecule is CC(=O)NCC(=O)N[C@@H](C)C(=O)NCC(=O)N[C@@H](C)C(=O)NCC(=O)NC(C)C(=O)NCC(=O)N[C@@H](C)C(N)=O. The van der Waals surface area contributed by atoms with Crippen LogP contribution in [0.5, 0.6) is 0 Å².